The summed E-state index contributed by atoms with van der Waals surface area (Å²) in [6, 6.07) is 18.7. The molecule has 0 aromatic heterocycles. The smallest absolute Gasteiger partial charge is 0.330 e. The zero-order valence-corrected chi connectivity index (χ0v) is 15.1. The van der Waals surface area contributed by atoms with Crippen LogP contribution in [0.5, 0.6) is 0 Å². The molecule has 138 valence electrons. The van der Waals surface area contributed by atoms with Gasteiger partial charge < -0.3 is 4.74 Å². The van der Waals surface area contributed by atoms with Crippen LogP contribution in [-0.4, -0.2) is 29.5 Å². The SMILES string of the molecule is CCOC(=O)[C@H](CCc1ccccc1)N(N)C(=O)CCc1ccccc1. The standard InChI is InChI=1S/C21H26N2O3/c1-2-26-21(25)19(15-13-17-9-5-3-6-10-17)23(22)20(24)16-14-18-11-7-4-8-12-18/h3-12,19H,2,13-16,22H2,1H3/t19-/m0/s1. The van der Waals surface area contributed by atoms with Gasteiger partial charge in [-0.05, 0) is 37.3 Å². The van der Waals surface area contributed by atoms with Crippen LogP contribution in [0.2, 0.25) is 0 Å². The van der Waals surface area contributed by atoms with Crippen LogP contribution in [0.15, 0.2) is 60.7 Å². The lowest BCUT2D eigenvalue weighted by molar-refractivity contribution is -0.155. The summed E-state index contributed by atoms with van der Waals surface area (Å²) in [6.07, 6.45) is 1.91. The van der Waals surface area contributed by atoms with Crippen molar-refractivity contribution in [2.75, 3.05) is 6.61 Å². The molecule has 2 rings (SSSR count). The first kappa shape index (κ1) is 19.7. The fraction of sp³-hybridized carbons (Fsp3) is 0.333. The van der Waals surface area contributed by atoms with Crippen molar-refractivity contribution in [1.82, 2.24) is 5.01 Å². The van der Waals surface area contributed by atoms with Crippen LogP contribution < -0.4 is 5.84 Å². The van der Waals surface area contributed by atoms with Crippen LogP contribution in [-0.2, 0) is 27.2 Å². The second kappa shape index (κ2) is 10.4. The van der Waals surface area contributed by atoms with Crippen LogP contribution in [0.1, 0.15) is 30.9 Å². The summed E-state index contributed by atoms with van der Waals surface area (Å²) in [5.41, 5.74) is 2.15. The minimum Gasteiger partial charge on any atom is -0.464 e. The normalized spacial score (nSPS) is 11.6. The molecule has 0 fully saturated rings. The molecule has 1 amide bonds. The number of nitrogens with two attached hydrogens (primary N) is 1. The molecule has 0 spiro atoms. The van der Waals surface area contributed by atoms with Crippen molar-refractivity contribution >= 4 is 11.9 Å². The molecule has 26 heavy (non-hydrogen) atoms. The molecule has 5 heteroatoms. The van der Waals surface area contributed by atoms with Gasteiger partial charge in [0.05, 0.1) is 6.61 Å². The van der Waals surface area contributed by atoms with Gasteiger partial charge in [0, 0.05) is 6.42 Å². The first-order chi connectivity index (χ1) is 12.6. The highest BCUT2D eigenvalue weighted by Crippen LogP contribution is 2.12. The van der Waals surface area contributed by atoms with Crippen molar-refractivity contribution in [2.45, 2.75) is 38.6 Å². The van der Waals surface area contributed by atoms with Gasteiger partial charge in [0.1, 0.15) is 6.04 Å². The molecule has 2 aromatic carbocycles. The van der Waals surface area contributed by atoms with Crippen molar-refractivity contribution in [3.63, 3.8) is 0 Å². The largest absolute Gasteiger partial charge is 0.464 e. The second-order valence-electron chi connectivity index (χ2n) is 6.08. The Balaban J connectivity index is 1.98. The van der Waals surface area contributed by atoms with Crippen LogP contribution in [0.4, 0.5) is 0 Å². The van der Waals surface area contributed by atoms with Gasteiger partial charge in [0.2, 0.25) is 5.91 Å². The van der Waals surface area contributed by atoms with E-state index in [9.17, 15) is 9.59 Å². The van der Waals surface area contributed by atoms with Crippen molar-refractivity contribution < 1.29 is 14.3 Å². The topological polar surface area (TPSA) is 72.6 Å². The van der Waals surface area contributed by atoms with Gasteiger partial charge in [-0.3, -0.25) is 9.80 Å². The highest BCUT2D eigenvalue weighted by Gasteiger charge is 2.28. The number of ether oxygens (including phenoxy) is 1. The number of rotatable bonds is 9. The third-order valence-corrected chi connectivity index (χ3v) is 4.20. The number of hydrogen-bond acceptors (Lipinski definition) is 4. The summed E-state index contributed by atoms with van der Waals surface area (Å²) in [4.78, 5) is 24.8. The van der Waals surface area contributed by atoms with Crippen LogP contribution in [0.25, 0.3) is 0 Å². The van der Waals surface area contributed by atoms with Gasteiger partial charge in [0.15, 0.2) is 0 Å². The number of benzene rings is 2. The Morgan fingerprint density at radius 3 is 2.04 bits per heavy atom. The Labute approximate surface area is 154 Å². The quantitative estimate of drug-likeness (QED) is 0.325. The van der Waals surface area contributed by atoms with Crippen molar-refractivity contribution in [3.05, 3.63) is 71.8 Å². The lowest BCUT2D eigenvalue weighted by Crippen LogP contribution is -2.50. The maximum absolute atomic E-state index is 12.5. The fourth-order valence-corrected chi connectivity index (χ4v) is 2.76. The molecular formula is C21H26N2O3. The average molecular weight is 354 g/mol. The second-order valence-corrected chi connectivity index (χ2v) is 6.08. The van der Waals surface area contributed by atoms with E-state index in [1.165, 1.54) is 0 Å². The Bertz CT molecular complexity index is 689. The minimum atomic E-state index is -0.779. The zero-order chi connectivity index (χ0) is 18.8. The fourth-order valence-electron chi connectivity index (χ4n) is 2.76. The molecule has 0 aliphatic heterocycles. The third kappa shape index (κ3) is 6.01. The number of hydrogen-bond donors (Lipinski definition) is 1. The first-order valence-electron chi connectivity index (χ1n) is 8.93. The lowest BCUT2D eigenvalue weighted by Gasteiger charge is -2.26. The van der Waals surface area contributed by atoms with Gasteiger partial charge in [-0.25, -0.2) is 10.6 Å². The van der Waals surface area contributed by atoms with Crippen molar-refractivity contribution in [3.8, 4) is 0 Å². The van der Waals surface area contributed by atoms with E-state index in [-0.39, 0.29) is 18.9 Å². The van der Waals surface area contributed by atoms with Gasteiger partial charge >= 0.3 is 5.97 Å². The van der Waals surface area contributed by atoms with Gasteiger partial charge in [-0.15, -0.1) is 0 Å². The Morgan fingerprint density at radius 2 is 1.50 bits per heavy atom. The summed E-state index contributed by atoms with van der Waals surface area (Å²) in [5, 5.41) is 1.05. The molecule has 0 heterocycles. The number of aryl methyl sites for hydroxylation is 2. The average Bonchev–Trinajstić information content (AvgIpc) is 2.68. The lowest BCUT2D eigenvalue weighted by atomic mass is 10.0. The summed E-state index contributed by atoms with van der Waals surface area (Å²) < 4.78 is 5.11. The highest BCUT2D eigenvalue weighted by molar-refractivity contribution is 5.84. The zero-order valence-electron chi connectivity index (χ0n) is 15.1. The Kier molecular flexibility index (Phi) is 7.83. The molecule has 0 radical (unpaired) electrons. The molecule has 2 aromatic rings. The van der Waals surface area contributed by atoms with E-state index in [4.69, 9.17) is 10.6 Å². The summed E-state index contributed by atoms with van der Waals surface area (Å²) in [6.45, 7) is 2.00. The van der Waals surface area contributed by atoms with Crippen LogP contribution >= 0.6 is 0 Å². The molecule has 0 aliphatic carbocycles. The number of esters is 1. The van der Waals surface area contributed by atoms with E-state index in [0.29, 0.717) is 19.3 Å². The predicted molar refractivity (Wildman–Crippen MR) is 101 cm³/mol. The van der Waals surface area contributed by atoms with E-state index in [0.717, 1.165) is 16.1 Å². The molecule has 0 unspecified atom stereocenters. The van der Waals surface area contributed by atoms with E-state index in [1.54, 1.807) is 6.92 Å². The van der Waals surface area contributed by atoms with E-state index in [2.05, 4.69) is 0 Å². The minimum absolute atomic E-state index is 0.252. The Hall–Kier alpha value is -2.66. The molecule has 1 atom stereocenters. The predicted octanol–water partition coefficient (Wildman–Crippen LogP) is 2.89. The van der Waals surface area contributed by atoms with Crippen LogP contribution in [0, 0.1) is 0 Å². The number of carbonyl (C=O) groups excluding carboxylic acids is 2. The number of amides is 1. The molecule has 2 N–H and O–H groups in total. The van der Waals surface area contributed by atoms with E-state index in [1.807, 2.05) is 60.7 Å². The van der Waals surface area contributed by atoms with Gasteiger partial charge in [-0.2, -0.15) is 0 Å². The molecule has 0 aliphatic rings. The molecule has 0 saturated carbocycles. The summed E-state index contributed by atoms with van der Waals surface area (Å²) >= 11 is 0. The van der Waals surface area contributed by atoms with Gasteiger partial charge in [-0.1, -0.05) is 60.7 Å². The number of hydrazine groups is 1. The number of nitrogens with zero attached hydrogens (tertiary/aromatic N) is 1. The molecule has 5 nitrogen and oxygen atoms in total. The van der Waals surface area contributed by atoms with Gasteiger partial charge in [0.25, 0.3) is 0 Å². The monoisotopic (exact) mass is 354 g/mol. The summed E-state index contributed by atoms with van der Waals surface area (Å²) in [5.74, 6) is 5.28. The molecule has 0 saturated heterocycles. The maximum atomic E-state index is 12.5. The Morgan fingerprint density at radius 1 is 0.962 bits per heavy atom. The van der Waals surface area contributed by atoms with E-state index >= 15 is 0 Å². The summed E-state index contributed by atoms with van der Waals surface area (Å²) in [7, 11) is 0. The number of carbonyl (C=O) groups is 2. The van der Waals surface area contributed by atoms with Crippen molar-refractivity contribution in [2.24, 2.45) is 5.84 Å². The first-order valence-corrected chi connectivity index (χ1v) is 8.93. The highest BCUT2D eigenvalue weighted by atomic mass is 16.5. The van der Waals surface area contributed by atoms with Crippen molar-refractivity contribution in [1.29, 1.82) is 0 Å². The van der Waals surface area contributed by atoms with Crippen LogP contribution in [0.3, 0.4) is 0 Å². The molecular weight excluding hydrogens is 328 g/mol. The third-order valence-electron chi connectivity index (χ3n) is 4.20. The molecule has 0 bridgehead atoms. The van der Waals surface area contributed by atoms with E-state index < -0.39 is 12.0 Å². The maximum Gasteiger partial charge on any atom is 0.330 e.